The van der Waals surface area contributed by atoms with Gasteiger partial charge in [-0.25, -0.2) is 4.39 Å². The Morgan fingerprint density at radius 1 is 1.20 bits per heavy atom. The molecule has 0 aliphatic heterocycles. The highest BCUT2D eigenvalue weighted by molar-refractivity contribution is 9.10. The zero-order chi connectivity index (χ0) is 14.7. The first-order chi connectivity index (χ1) is 9.56. The van der Waals surface area contributed by atoms with Gasteiger partial charge in [0.1, 0.15) is 11.6 Å². The van der Waals surface area contributed by atoms with E-state index < -0.39 is 0 Å². The zero-order valence-corrected chi connectivity index (χ0v) is 13.3. The van der Waals surface area contributed by atoms with Crippen LogP contribution in [0.1, 0.15) is 22.7 Å². The molecule has 0 saturated carbocycles. The van der Waals surface area contributed by atoms with Crippen LogP contribution in [0.2, 0.25) is 0 Å². The van der Waals surface area contributed by atoms with E-state index in [1.165, 1.54) is 0 Å². The minimum Gasteiger partial charge on any atom is -0.497 e. The second kappa shape index (κ2) is 6.37. The number of benzene rings is 2. The van der Waals surface area contributed by atoms with Crippen LogP contribution in [0.3, 0.4) is 0 Å². The summed E-state index contributed by atoms with van der Waals surface area (Å²) in [6, 6.07) is 11.0. The molecule has 1 atom stereocenters. The summed E-state index contributed by atoms with van der Waals surface area (Å²) in [5.74, 6) is 0.595. The molecule has 0 radical (unpaired) electrons. The van der Waals surface area contributed by atoms with Crippen molar-refractivity contribution < 1.29 is 9.13 Å². The van der Waals surface area contributed by atoms with Crippen molar-refractivity contribution in [1.29, 1.82) is 0 Å². The number of ether oxygens (including phenoxy) is 1. The summed E-state index contributed by atoms with van der Waals surface area (Å²) < 4.78 is 19.9. The monoisotopic (exact) mass is 337 g/mol. The molecule has 0 bridgehead atoms. The molecule has 0 heterocycles. The second-order valence-electron chi connectivity index (χ2n) is 4.62. The summed E-state index contributed by atoms with van der Waals surface area (Å²) in [5.41, 5.74) is 2.58. The molecule has 2 nitrogen and oxygen atoms in total. The largest absolute Gasteiger partial charge is 0.497 e. The Labute approximate surface area is 127 Å². The average Bonchev–Trinajstić information content (AvgIpc) is 2.45. The Bertz CT molecular complexity index is 615. The van der Waals surface area contributed by atoms with Crippen LogP contribution in [-0.4, -0.2) is 14.2 Å². The van der Waals surface area contributed by atoms with Gasteiger partial charge in [-0.3, -0.25) is 0 Å². The lowest BCUT2D eigenvalue weighted by Crippen LogP contribution is -2.18. The minimum atomic E-state index is -0.188. The summed E-state index contributed by atoms with van der Waals surface area (Å²) >= 11 is 3.55. The summed E-state index contributed by atoms with van der Waals surface area (Å²) in [7, 11) is 3.49. The molecule has 0 fully saturated rings. The van der Waals surface area contributed by atoms with E-state index in [1.54, 1.807) is 26.2 Å². The normalized spacial score (nSPS) is 12.2. The Balaban J connectivity index is 2.43. The highest BCUT2D eigenvalue weighted by Crippen LogP contribution is 2.31. The van der Waals surface area contributed by atoms with Crippen LogP contribution in [0, 0.1) is 12.7 Å². The van der Waals surface area contributed by atoms with Gasteiger partial charge < -0.3 is 10.1 Å². The molecule has 2 aromatic carbocycles. The fourth-order valence-electron chi connectivity index (χ4n) is 2.16. The summed E-state index contributed by atoms with van der Waals surface area (Å²) in [6.45, 7) is 1.76. The van der Waals surface area contributed by atoms with Gasteiger partial charge in [-0.15, -0.1) is 0 Å². The van der Waals surface area contributed by atoms with Crippen molar-refractivity contribution in [3.05, 3.63) is 63.4 Å². The Morgan fingerprint density at radius 3 is 2.50 bits per heavy atom. The van der Waals surface area contributed by atoms with Gasteiger partial charge >= 0.3 is 0 Å². The molecule has 0 aliphatic rings. The summed E-state index contributed by atoms with van der Waals surface area (Å²) in [6.07, 6.45) is 0. The molecule has 1 N–H and O–H groups in total. The van der Waals surface area contributed by atoms with Crippen molar-refractivity contribution in [3.8, 4) is 5.75 Å². The predicted octanol–water partition coefficient (Wildman–Crippen LogP) is 4.21. The van der Waals surface area contributed by atoms with Crippen LogP contribution in [-0.2, 0) is 0 Å². The fraction of sp³-hybridized carbons (Fsp3) is 0.250. The number of halogens is 2. The number of nitrogens with one attached hydrogen (secondary N) is 1. The van der Waals surface area contributed by atoms with Gasteiger partial charge in [0.2, 0.25) is 0 Å². The molecular formula is C16H17BrFNO. The SMILES string of the molecule is CNC(c1ccc(C)c(F)c1)c1ccc(OC)cc1Br. The first kappa shape index (κ1) is 15.0. The molecule has 106 valence electrons. The van der Waals surface area contributed by atoms with Crippen LogP contribution in [0.15, 0.2) is 40.9 Å². The summed E-state index contributed by atoms with van der Waals surface area (Å²) in [5, 5.41) is 3.22. The fourth-order valence-corrected chi connectivity index (χ4v) is 2.75. The van der Waals surface area contributed by atoms with Crippen LogP contribution in [0.4, 0.5) is 4.39 Å². The van der Waals surface area contributed by atoms with E-state index in [1.807, 2.05) is 31.3 Å². The van der Waals surface area contributed by atoms with E-state index in [0.29, 0.717) is 5.56 Å². The lowest BCUT2D eigenvalue weighted by atomic mass is 9.97. The van der Waals surface area contributed by atoms with Crippen molar-refractivity contribution >= 4 is 15.9 Å². The topological polar surface area (TPSA) is 21.3 Å². The molecular weight excluding hydrogens is 321 g/mol. The van der Waals surface area contributed by atoms with E-state index in [-0.39, 0.29) is 11.9 Å². The molecule has 2 aromatic rings. The van der Waals surface area contributed by atoms with Gasteiger partial charge in [-0.1, -0.05) is 34.1 Å². The number of aryl methyl sites for hydroxylation is 1. The summed E-state index contributed by atoms with van der Waals surface area (Å²) in [4.78, 5) is 0. The molecule has 1 unspecified atom stereocenters. The third kappa shape index (κ3) is 3.02. The number of methoxy groups -OCH3 is 1. The van der Waals surface area contributed by atoms with Gasteiger partial charge in [0.15, 0.2) is 0 Å². The van der Waals surface area contributed by atoms with E-state index in [2.05, 4.69) is 21.2 Å². The van der Waals surface area contributed by atoms with Crippen LogP contribution in [0.25, 0.3) is 0 Å². The minimum absolute atomic E-state index is 0.0784. The number of hydrogen-bond acceptors (Lipinski definition) is 2. The first-order valence-corrected chi connectivity index (χ1v) is 7.13. The molecule has 0 saturated heterocycles. The van der Waals surface area contributed by atoms with Crippen LogP contribution >= 0.6 is 15.9 Å². The Kier molecular flexibility index (Phi) is 4.78. The maximum atomic E-state index is 13.8. The van der Waals surface area contributed by atoms with Crippen LogP contribution in [0.5, 0.6) is 5.75 Å². The Hall–Kier alpha value is -1.39. The quantitative estimate of drug-likeness (QED) is 0.902. The van der Waals surface area contributed by atoms with Gasteiger partial charge in [0.05, 0.1) is 13.2 Å². The van der Waals surface area contributed by atoms with Crippen molar-refractivity contribution in [1.82, 2.24) is 5.32 Å². The molecule has 0 aliphatic carbocycles. The third-order valence-electron chi connectivity index (χ3n) is 3.34. The predicted molar refractivity (Wildman–Crippen MR) is 82.7 cm³/mol. The van der Waals surface area contributed by atoms with Gasteiger partial charge in [-0.05, 0) is 48.9 Å². The van der Waals surface area contributed by atoms with Crippen molar-refractivity contribution in [2.45, 2.75) is 13.0 Å². The molecule has 20 heavy (non-hydrogen) atoms. The lowest BCUT2D eigenvalue weighted by molar-refractivity contribution is 0.414. The van der Waals surface area contributed by atoms with Gasteiger partial charge in [0.25, 0.3) is 0 Å². The average molecular weight is 338 g/mol. The molecule has 0 spiro atoms. The molecule has 0 amide bonds. The highest BCUT2D eigenvalue weighted by atomic mass is 79.9. The van der Waals surface area contributed by atoms with E-state index in [4.69, 9.17) is 4.74 Å². The smallest absolute Gasteiger partial charge is 0.126 e. The molecule has 0 aromatic heterocycles. The van der Waals surface area contributed by atoms with Crippen LogP contribution < -0.4 is 10.1 Å². The number of hydrogen-bond donors (Lipinski definition) is 1. The maximum Gasteiger partial charge on any atom is 0.126 e. The lowest BCUT2D eigenvalue weighted by Gasteiger charge is -2.19. The number of rotatable bonds is 4. The van der Waals surface area contributed by atoms with E-state index in [9.17, 15) is 4.39 Å². The van der Waals surface area contributed by atoms with E-state index in [0.717, 1.165) is 21.3 Å². The highest BCUT2D eigenvalue weighted by Gasteiger charge is 2.16. The molecule has 2 rings (SSSR count). The molecule has 4 heteroatoms. The second-order valence-corrected chi connectivity index (χ2v) is 5.47. The van der Waals surface area contributed by atoms with Crippen molar-refractivity contribution in [2.24, 2.45) is 0 Å². The third-order valence-corrected chi connectivity index (χ3v) is 4.02. The zero-order valence-electron chi connectivity index (χ0n) is 11.7. The van der Waals surface area contributed by atoms with Crippen molar-refractivity contribution in [2.75, 3.05) is 14.2 Å². The van der Waals surface area contributed by atoms with Gasteiger partial charge in [0, 0.05) is 4.47 Å². The van der Waals surface area contributed by atoms with Gasteiger partial charge in [-0.2, -0.15) is 0 Å². The maximum absolute atomic E-state index is 13.8. The van der Waals surface area contributed by atoms with E-state index >= 15 is 0 Å². The van der Waals surface area contributed by atoms with Crippen molar-refractivity contribution in [3.63, 3.8) is 0 Å². The Morgan fingerprint density at radius 2 is 1.95 bits per heavy atom. The standard InChI is InChI=1S/C16H17BrFNO/c1-10-4-5-11(8-15(10)18)16(19-2)13-7-6-12(20-3)9-14(13)17/h4-9,16,19H,1-3H3. The first-order valence-electron chi connectivity index (χ1n) is 6.33.